The number of likely N-dealkylation sites (tertiary alicyclic amines) is 2. The third-order valence-corrected chi connectivity index (χ3v) is 4.73. The van der Waals surface area contributed by atoms with E-state index in [1.54, 1.807) is 0 Å². The van der Waals surface area contributed by atoms with E-state index in [1.165, 1.54) is 13.1 Å². The second kappa shape index (κ2) is 5.88. The molecule has 0 saturated carbocycles. The lowest BCUT2D eigenvalue weighted by atomic mass is 9.91. The maximum Gasteiger partial charge on any atom is 0.223 e. The molecule has 0 atom stereocenters. The van der Waals surface area contributed by atoms with Crippen LogP contribution in [-0.2, 0) is 4.79 Å². The molecule has 2 rings (SSSR count). The smallest absolute Gasteiger partial charge is 0.223 e. The number of carbonyl (C=O) groups is 1. The average Bonchev–Trinajstić information content (AvgIpc) is 2.23. The Kier molecular flexibility index (Phi) is 4.69. The molecule has 2 fully saturated rings. The molecule has 0 aromatic heterocycles. The summed E-state index contributed by atoms with van der Waals surface area (Å²) < 4.78 is 0. The van der Waals surface area contributed by atoms with Gasteiger partial charge >= 0.3 is 0 Å². The summed E-state index contributed by atoms with van der Waals surface area (Å²) in [6.07, 6.45) is 2.02. The summed E-state index contributed by atoms with van der Waals surface area (Å²) in [4.78, 5) is 17.3. The van der Waals surface area contributed by atoms with E-state index >= 15 is 0 Å². The number of hydrogen-bond donors (Lipinski definition) is 1. The molecule has 0 aliphatic carbocycles. The fourth-order valence-electron chi connectivity index (χ4n) is 3.23. The zero-order chi connectivity index (χ0) is 15.8. The predicted octanol–water partition coefficient (Wildman–Crippen LogP) is 2.10. The standard InChI is InChI=1S/C17H33N3O/c1-16(2,3)18-15(21)13-7-9-19(10-8-13)14-11-20(12-14)17(4,5)6/h13-14H,7-12H2,1-6H3,(H,18,21). The van der Waals surface area contributed by atoms with Crippen LogP contribution in [-0.4, -0.2) is 59.0 Å². The van der Waals surface area contributed by atoms with Gasteiger partial charge in [-0.1, -0.05) is 0 Å². The summed E-state index contributed by atoms with van der Waals surface area (Å²) in [5.41, 5.74) is 0.177. The zero-order valence-corrected chi connectivity index (χ0v) is 14.7. The third-order valence-electron chi connectivity index (χ3n) is 4.73. The number of rotatable bonds is 2. The molecule has 4 heteroatoms. The second-order valence-corrected chi connectivity index (χ2v) is 8.78. The lowest BCUT2D eigenvalue weighted by Gasteiger charge is -2.52. The van der Waals surface area contributed by atoms with Crippen LogP contribution in [0.1, 0.15) is 54.4 Å². The first-order valence-corrected chi connectivity index (χ1v) is 8.37. The van der Waals surface area contributed by atoms with Gasteiger partial charge in [-0.15, -0.1) is 0 Å². The van der Waals surface area contributed by atoms with Crippen LogP contribution in [0.5, 0.6) is 0 Å². The van der Waals surface area contributed by atoms with Crippen molar-refractivity contribution in [1.29, 1.82) is 0 Å². The van der Waals surface area contributed by atoms with Crippen molar-refractivity contribution in [3.05, 3.63) is 0 Å². The summed E-state index contributed by atoms with van der Waals surface area (Å²) in [5, 5.41) is 3.12. The molecule has 0 bridgehead atoms. The molecule has 0 spiro atoms. The SMILES string of the molecule is CC(C)(C)NC(=O)C1CCN(C2CN(C(C)(C)C)C2)CC1. The van der Waals surface area contributed by atoms with Crippen LogP contribution in [0.4, 0.5) is 0 Å². The highest BCUT2D eigenvalue weighted by atomic mass is 16.2. The Hall–Kier alpha value is -0.610. The van der Waals surface area contributed by atoms with Crippen molar-refractivity contribution in [3.8, 4) is 0 Å². The molecule has 2 heterocycles. The van der Waals surface area contributed by atoms with E-state index in [9.17, 15) is 4.79 Å². The van der Waals surface area contributed by atoms with Crippen molar-refractivity contribution >= 4 is 5.91 Å². The number of nitrogens with one attached hydrogen (secondary N) is 1. The number of nitrogens with zero attached hydrogens (tertiary/aromatic N) is 2. The van der Waals surface area contributed by atoms with Crippen molar-refractivity contribution in [1.82, 2.24) is 15.1 Å². The highest BCUT2D eigenvalue weighted by molar-refractivity contribution is 5.79. The lowest BCUT2D eigenvalue weighted by molar-refractivity contribution is -0.128. The van der Waals surface area contributed by atoms with E-state index in [0.29, 0.717) is 11.6 Å². The van der Waals surface area contributed by atoms with Crippen molar-refractivity contribution in [2.45, 2.75) is 71.5 Å². The minimum Gasteiger partial charge on any atom is -0.351 e. The minimum atomic E-state index is -0.116. The Bertz CT molecular complexity index is 366. The van der Waals surface area contributed by atoms with Crippen LogP contribution >= 0.6 is 0 Å². The van der Waals surface area contributed by atoms with Gasteiger partial charge in [0.1, 0.15) is 0 Å². The normalized spacial score (nSPS) is 23.9. The van der Waals surface area contributed by atoms with E-state index in [-0.39, 0.29) is 17.4 Å². The van der Waals surface area contributed by atoms with E-state index in [4.69, 9.17) is 0 Å². The van der Waals surface area contributed by atoms with Gasteiger partial charge in [-0.25, -0.2) is 0 Å². The van der Waals surface area contributed by atoms with E-state index in [2.05, 4.69) is 56.7 Å². The van der Waals surface area contributed by atoms with Crippen molar-refractivity contribution in [3.63, 3.8) is 0 Å². The number of hydrogen-bond acceptors (Lipinski definition) is 3. The topological polar surface area (TPSA) is 35.6 Å². The number of carbonyl (C=O) groups excluding carboxylic acids is 1. The van der Waals surface area contributed by atoms with E-state index < -0.39 is 0 Å². The molecule has 0 aromatic carbocycles. The molecule has 2 saturated heterocycles. The fourth-order valence-corrected chi connectivity index (χ4v) is 3.23. The number of amides is 1. The molecular weight excluding hydrogens is 262 g/mol. The Morgan fingerprint density at radius 1 is 1.00 bits per heavy atom. The molecule has 21 heavy (non-hydrogen) atoms. The summed E-state index contributed by atoms with van der Waals surface area (Å²) in [6, 6.07) is 0.704. The fraction of sp³-hybridized carbons (Fsp3) is 0.941. The maximum absolute atomic E-state index is 12.2. The zero-order valence-electron chi connectivity index (χ0n) is 14.7. The molecule has 0 aromatic rings. The van der Waals surface area contributed by atoms with Gasteiger partial charge < -0.3 is 5.32 Å². The maximum atomic E-state index is 12.2. The highest BCUT2D eigenvalue weighted by Crippen LogP contribution is 2.28. The third kappa shape index (κ3) is 4.43. The summed E-state index contributed by atoms with van der Waals surface area (Å²) in [7, 11) is 0. The molecule has 0 unspecified atom stereocenters. The lowest BCUT2D eigenvalue weighted by Crippen LogP contribution is -2.65. The van der Waals surface area contributed by atoms with Gasteiger partial charge in [0.25, 0.3) is 0 Å². The quantitative estimate of drug-likeness (QED) is 0.847. The van der Waals surface area contributed by atoms with Crippen molar-refractivity contribution in [2.24, 2.45) is 5.92 Å². The molecular formula is C17H33N3O. The second-order valence-electron chi connectivity index (χ2n) is 8.78. The van der Waals surface area contributed by atoms with Gasteiger partial charge in [-0.05, 0) is 67.5 Å². The first-order valence-electron chi connectivity index (χ1n) is 8.37. The molecule has 0 radical (unpaired) electrons. The van der Waals surface area contributed by atoms with Crippen LogP contribution in [0.15, 0.2) is 0 Å². The predicted molar refractivity (Wildman–Crippen MR) is 87.3 cm³/mol. The monoisotopic (exact) mass is 295 g/mol. The van der Waals surface area contributed by atoms with Crippen LogP contribution in [0.2, 0.25) is 0 Å². The largest absolute Gasteiger partial charge is 0.351 e. The molecule has 2 aliphatic rings. The van der Waals surface area contributed by atoms with Crippen LogP contribution in [0.3, 0.4) is 0 Å². The van der Waals surface area contributed by atoms with Gasteiger partial charge in [-0.3, -0.25) is 14.6 Å². The Morgan fingerprint density at radius 3 is 1.95 bits per heavy atom. The Morgan fingerprint density at radius 2 is 1.52 bits per heavy atom. The van der Waals surface area contributed by atoms with Gasteiger partial charge in [0.2, 0.25) is 5.91 Å². The van der Waals surface area contributed by atoms with Gasteiger partial charge in [0.05, 0.1) is 0 Å². The molecule has 1 amide bonds. The Balaban J connectivity index is 1.74. The van der Waals surface area contributed by atoms with Gasteiger partial charge in [0, 0.05) is 36.1 Å². The summed E-state index contributed by atoms with van der Waals surface area (Å²) in [5.74, 6) is 0.450. The first-order chi connectivity index (χ1) is 9.56. The first kappa shape index (κ1) is 16.8. The van der Waals surface area contributed by atoms with Crippen LogP contribution < -0.4 is 5.32 Å². The van der Waals surface area contributed by atoms with Crippen LogP contribution in [0.25, 0.3) is 0 Å². The van der Waals surface area contributed by atoms with Crippen LogP contribution in [0, 0.1) is 5.92 Å². The number of piperidine rings is 1. The molecule has 122 valence electrons. The van der Waals surface area contributed by atoms with E-state index in [0.717, 1.165) is 25.9 Å². The van der Waals surface area contributed by atoms with Crippen molar-refractivity contribution in [2.75, 3.05) is 26.2 Å². The highest BCUT2D eigenvalue weighted by Gasteiger charge is 2.39. The molecule has 4 nitrogen and oxygen atoms in total. The molecule has 2 aliphatic heterocycles. The molecule has 1 N–H and O–H groups in total. The van der Waals surface area contributed by atoms with Gasteiger partial charge in [-0.2, -0.15) is 0 Å². The van der Waals surface area contributed by atoms with Gasteiger partial charge in [0.15, 0.2) is 0 Å². The average molecular weight is 295 g/mol. The van der Waals surface area contributed by atoms with E-state index in [1.807, 2.05) is 0 Å². The Labute approximate surface area is 130 Å². The summed E-state index contributed by atoms with van der Waals surface area (Å²) in [6.45, 7) is 17.5. The summed E-state index contributed by atoms with van der Waals surface area (Å²) >= 11 is 0. The van der Waals surface area contributed by atoms with Crippen molar-refractivity contribution < 1.29 is 4.79 Å². The minimum absolute atomic E-state index is 0.116.